The fourth-order valence-corrected chi connectivity index (χ4v) is 3.08. The van der Waals surface area contributed by atoms with Gasteiger partial charge in [0.15, 0.2) is 0 Å². The molecule has 1 aromatic heterocycles. The number of thiophene rings is 1. The molecule has 1 aliphatic carbocycles. The van der Waals surface area contributed by atoms with Crippen molar-refractivity contribution in [3.8, 4) is 0 Å². The van der Waals surface area contributed by atoms with Gasteiger partial charge in [0, 0.05) is 10.9 Å². The van der Waals surface area contributed by atoms with E-state index in [0.29, 0.717) is 12.0 Å². The number of nitrogens with one attached hydrogen (secondary N) is 1. The van der Waals surface area contributed by atoms with Gasteiger partial charge in [0.05, 0.1) is 7.11 Å². The second-order valence-corrected chi connectivity index (χ2v) is 6.22. The first-order valence-electron chi connectivity index (χ1n) is 6.50. The normalized spacial score (nSPS) is 18.7. The van der Waals surface area contributed by atoms with Crippen LogP contribution in [-0.2, 0) is 9.53 Å². The van der Waals surface area contributed by atoms with Gasteiger partial charge < -0.3 is 4.74 Å². The second kappa shape index (κ2) is 5.85. The van der Waals surface area contributed by atoms with E-state index in [2.05, 4.69) is 22.8 Å². The van der Waals surface area contributed by atoms with Crippen LogP contribution in [0, 0.1) is 11.8 Å². The summed E-state index contributed by atoms with van der Waals surface area (Å²) in [4.78, 5) is 13.1. The summed E-state index contributed by atoms with van der Waals surface area (Å²) in [5.74, 6) is 0.750. The van der Waals surface area contributed by atoms with Crippen LogP contribution in [0.25, 0.3) is 0 Å². The number of hydrogen-bond donors (Lipinski definition) is 1. The van der Waals surface area contributed by atoms with E-state index < -0.39 is 0 Å². The molecular weight excluding hydrogens is 246 g/mol. The molecule has 1 aromatic rings. The van der Waals surface area contributed by atoms with Crippen molar-refractivity contribution in [1.29, 1.82) is 0 Å². The minimum absolute atomic E-state index is 0.160. The van der Waals surface area contributed by atoms with Crippen molar-refractivity contribution >= 4 is 17.3 Å². The van der Waals surface area contributed by atoms with Crippen LogP contribution in [0.15, 0.2) is 17.5 Å². The molecular formula is C14H21NO2S. The molecule has 0 saturated heterocycles. The molecule has 1 heterocycles. The average Bonchev–Trinajstić information content (AvgIpc) is 3.04. The number of hydrogen-bond acceptors (Lipinski definition) is 4. The van der Waals surface area contributed by atoms with Crippen molar-refractivity contribution in [2.24, 2.45) is 11.8 Å². The summed E-state index contributed by atoms with van der Waals surface area (Å²) in [6.07, 6.45) is 2.50. The average molecular weight is 267 g/mol. The monoisotopic (exact) mass is 267 g/mol. The summed E-state index contributed by atoms with van der Waals surface area (Å²) < 4.78 is 4.89. The minimum atomic E-state index is -0.220. The van der Waals surface area contributed by atoms with Gasteiger partial charge in [0.25, 0.3) is 0 Å². The molecule has 3 nitrogen and oxygen atoms in total. The van der Waals surface area contributed by atoms with Gasteiger partial charge in [0.1, 0.15) is 6.04 Å². The van der Waals surface area contributed by atoms with Gasteiger partial charge in [-0.3, -0.25) is 10.1 Å². The highest BCUT2D eigenvalue weighted by Crippen LogP contribution is 2.42. The fourth-order valence-electron chi connectivity index (χ4n) is 2.20. The van der Waals surface area contributed by atoms with Gasteiger partial charge in [-0.2, -0.15) is 0 Å². The largest absolute Gasteiger partial charge is 0.468 e. The lowest BCUT2D eigenvalue weighted by atomic mass is 10.0. The molecule has 4 heteroatoms. The van der Waals surface area contributed by atoms with Gasteiger partial charge in [-0.05, 0) is 36.1 Å². The summed E-state index contributed by atoms with van der Waals surface area (Å²) in [6.45, 7) is 4.10. The van der Waals surface area contributed by atoms with E-state index in [-0.39, 0.29) is 17.9 Å². The summed E-state index contributed by atoms with van der Waals surface area (Å²) >= 11 is 1.76. The zero-order valence-electron chi connectivity index (χ0n) is 11.2. The maximum Gasteiger partial charge on any atom is 0.323 e. The quantitative estimate of drug-likeness (QED) is 0.805. The van der Waals surface area contributed by atoms with Gasteiger partial charge in [-0.25, -0.2) is 0 Å². The Morgan fingerprint density at radius 1 is 1.50 bits per heavy atom. The van der Waals surface area contributed by atoms with Gasteiger partial charge in [0.2, 0.25) is 0 Å². The first-order chi connectivity index (χ1) is 8.63. The number of esters is 1. The summed E-state index contributed by atoms with van der Waals surface area (Å²) in [7, 11) is 1.46. The summed E-state index contributed by atoms with van der Waals surface area (Å²) in [5.41, 5.74) is 0. The van der Waals surface area contributed by atoms with Crippen LogP contribution in [-0.4, -0.2) is 19.1 Å². The van der Waals surface area contributed by atoms with E-state index >= 15 is 0 Å². The topological polar surface area (TPSA) is 38.3 Å². The van der Waals surface area contributed by atoms with Crippen LogP contribution in [0.1, 0.15) is 37.6 Å². The maximum absolute atomic E-state index is 11.8. The maximum atomic E-state index is 11.8. The van der Waals surface area contributed by atoms with E-state index in [1.807, 2.05) is 13.8 Å². The SMILES string of the molecule is COC(=O)[C@@H](NC(c1cccs1)C1CC1)C(C)C. The molecule has 0 bridgehead atoms. The number of carbonyl (C=O) groups is 1. The second-order valence-electron chi connectivity index (χ2n) is 5.24. The van der Waals surface area contributed by atoms with Crippen molar-refractivity contribution in [2.75, 3.05) is 7.11 Å². The molecule has 18 heavy (non-hydrogen) atoms. The predicted molar refractivity (Wildman–Crippen MR) is 73.6 cm³/mol. The van der Waals surface area contributed by atoms with E-state index in [4.69, 9.17) is 4.74 Å². The smallest absolute Gasteiger partial charge is 0.323 e. The van der Waals surface area contributed by atoms with Crippen LogP contribution in [0.2, 0.25) is 0 Å². The third kappa shape index (κ3) is 3.12. The van der Waals surface area contributed by atoms with E-state index in [9.17, 15) is 4.79 Å². The number of methoxy groups -OCH3 is 1. The molecule has 100 valence electrons. The van der Waals surface area contributed by atoms with Crippen molar-refractivity contribution in [1.82, 2.24) is 5.32 Å². The lowest BCUT2D eigenvalue weighted by Crippen LogP contribution is -2.44. The Labute approximate surface area is 113 Å². The Bertz CT molecular complexity index is 385. The Kier molecular flexibility index (Phi) is 4.40. The van der Waals surface area contributed by atoms with Crippen molar-refractivity contribution in [2.45, 2.75) is 38.8 Å². The van der Waals surface area contributed by atoms with E-state index in [0.717, 1.165) is 0 Å². The molecule has 1 fully saturated rings. The Balaban J connectivity index is 2.09. The molecule has 0 amide bonds. The molecule has 0 spiro atoms. The Hall–Kier alpha value is -0.870. The molecule has 2 rings (SSSR count). The highest BCUT2D eigenvalue weighted by Gasteiger charge is 2.36. The Morgan fingerprint density at radius 3 is 2.67 bits per heavy atom. The molecule has 1 aliphatic rings. The van der Waals surface area contributed by atoms with Gasteiger partial charge in [-0.15, -0.1) is 11.3 Å². The van der Waals surface area contributed by atoms with Gasteiger partial charge in [-0.1, -0.05) is 19.9 Å². The van der Waals surface area contributed by atoms with Crippen LogP contribution < -0.4 is 5.32 Å². The van der Waals surface area contributed by atoms with Crippen molar-refractivity contribution in [3.63, 3.8) is 0 Å². The molecule has 0 radical (unpaired) electrons. The number of rotatable bonds is 6. The van der Waals surface area contributed by atoms with E-state index in [1.165, 1.54) is 24.8 Å². The van der Waals surface area contributed by atoms with Crippen LogP contribution in [0.3, 0.4) is 0 Å². The first kappa shape index (κ1) is 13.6. The number of ether oxygens (including phenoxy) is 1. The zero-order valence-corrected chi connectivity index (χ0v) is 12.0. The van der Waals surface area contributed by atoms with Crippen molar-refractivity contribution in [3.05, 3.63) is 22.4 Å². The number of carbonyl (C=O) groups excluding carboxylic acids is 1. The zero-order chi connectivity index (χ0) is 13.1. The highest BCUT2D eigenvalue weighted by molar-refractivity contribution is 7.10. The highest BCUT2D eigenvalue weighted by atomic mass is 32.1. The van der Waals surface area contributed by atoms with E-state index in [1.54, 1.807) is 11.3 Å². The molecule has 1 saturated carbocycles. The van der Waals surface area contributed by atoms with Crippen molar-refractivity contribution < 1.29 is 9.53 Å². The molecule has 0 aliphatic heterocycles. The van der Waals surface area contributed by atoms with Crippen LogP contribution in [0.5, 0.6) is 0 Å². The molecule has 1 unspecified atom stereocenters. The predicted octanol–water partition coefficient (Wildman–Crippen LogP) is 2.99. The third-order valence-corrected chi connectivity index (χ3v) is 4.38. The minimum Gasteiger partial charge on any atom is -0.468 e. The third-order valence-electron chi connectivity index (χ3n) is 3.42. The molecule has 2 atom stereocenters. The fraction of sp³-hybridized carbons (Fsp3) is 0.643. The van der Waals surface area contributed by atoms with Crippen LogP contribution >= 0.6 is 11.3 Å². The Morgan fingerprint density at radius 2 is 2.22 bits per heavy atom. The standard InChI is InChI=1S/C14H21NO2S/c1-9(2)12(14(16)17-3)15-13(10-6-7-10)11-5-4-8-18-11/h4-5,8-10,12-13,15H,6-7H2,1-3H3/t12-,13?/m0/s1. The molecule has 1 N–H and O–H groups in total. The van der Waals surface area contributed by atoms with Crippen LogP contribution in [0.4, 0.5) is 0 Å². The lowest BCUT2D eigenvalue weighted by molar-refractivity contribution is -0.144. The lowest BCUT2D eigenvalue weighted by Gasteiger charge is -2.26. The first-order valence-corrected chi connectivity index (χ1v) is 7.38. The summed E-state index contributed by atoms with van der Waals surface area (Å²) in [6, 6.07) is 4.30. The van der Waals surface area contributed by atoms with Gasteiger partial charge >= 0.3 is 5.97 Å². The summed E-state index contributed by atoms with van der Waals surface area (Å²) in [5, 5.41) is 5.60. The molecule has 0 aromatic carbocycles.